The molecule has 0 aliphatic rings. The first-order chi connectivity index (χ1) is 11.1. The van der Waals surface area contributed by atoms with Gasteiger partial charge in [0.15, 0.2) is 0 Å². The highest BCUT2D eigenvalue weighted by molar-refractivity contribution is 6.30. The molecule has 1 aromatic heterocycles. The number of benzene rings is 2. The predicted molar refractivity (Wildman–Crippen MR) is 93.8 cm³/mol. The van der Waals surface area contributed by atoms with Crippen molar-refractivity contribution in [3.63, 3.8) is 0 Å². The van der Waals surface area contributed by atoms with E-state index in [1.165, 1.54) is 0 Å². The van der Waals surface area contributed by atoms with E-state index in [2.05, 4.69) is 10.3 Å². The minimum absolute atomic E-state index is 0.212. The minimum Gasteiger partial charge on any atom is -0.322 e. The second kappa shape index (κ2) is 6.63. The molecule has 114 valence electrons. The summed E-state index contributed by atoms with van der Waals surface area (Å²) in [5, 5.41) is 3.39. The van der Waals surface area contributed by atoms with Gasteiger partial charge in [0.2, 0.25) is 0 Å². The Morgan fingerprint density at radius 1 is 1.04 bits per heavy atom. The monoisotopic (exact) mass is 322 g/mol. The van der Waals surface area contributed by atoms with Gasteiger partial charge in [0, 0.05) is 22.5 Å². The molecule has 0 fully saturated rings. The van der Waals surface area contributed by atoms with Gasteiger partial charge in [-0.3, -0.25) is 9.78 Å². The summed E-state index contributed by atoms with van der Waals surface area (Å²) in [6, 6.07) is 18.7. The highest BCUT2D eigenvalue weighted by Gasteiger charge is 2.08. The van der Waals surface area contributed by atoms with Gasteiger partial charge in [-0.05, 0) is 42.8 Å². The summed E-state index contributed by atoms with van der Waals surface area (Å²) in [6.45, 7) is 2.04. The Balaban J connectivity index is 1.79. The normalized spacial score (nSPS) is 10.3. The Morgan fingerprint density at radius 3 is 2.57 bits per heavy atom. The van der Waals surface area contributed by atoms with Crippen molar-refractivity contribution in [1.82, 2.24) is 4.98 Å². The molecule has 0 spiro atoms. The van der Waals surface area contributed by atoms with Crippen molar-refractivity contribution in [3.05, 3.63) is 83.0 Å². The van der Waals surface area contributed by atoms with Gasteiger partial charge >= 0.3 is 0 Å². The molecule has 0 saturated heterocycles. The standard InChI is InChI=1S/C19H15ClN2O/c1-13-5-2-3-8-17(13)18-10-9-14(12-21-18)19(23)22-16-7-4-6-15(20)11-16/h2-12H,1H3,(H,22,23). The molecule has 1 heterocycles. The van der Waals surface area contributed by atoms with Crippen LogP contribution in [0.15, 0.2) is 66.9 Å². The average Bonchev–Trinajstić information content (AvgIpc) is 2.55. The lowest BCUT2D eigenvalue weighted by Crippen LogP contribution is -2.12. The number of carbonyl (C=O) groups is 1. The van der Waals surface area contributed by atoms with Crippen molar-refractivity contribution in [3.8, 4) is 11.3 Å². The van der Waals surface area contributed by atoms with Crippen molar-refractivity contribution >= 4 is 23.2 Å². The number of hydrogen-bond acceptors (Lipinski definition) is 2. The Labute approximate surface area is 140 Å². The molecule has 3 aromatic rings. The van der Waals surface area contributed by atoms with Gasteiger partial charge in [0.1, 0.15) is 0 Å². The number of rotatable bonds is 3. The number of halogens is 1. The Hall–Kier alpha value is -2.65. The smallest absolute Gasteiger partial charge is 0.257 e. The molecule has 23 heavy (non-hydrogen) atoms. The fourth-order valence-corrected chi connectivity index (χ4v) is 2.51. The van der Waals surface area contributed by atoms with Crippen LogP contribution in [-0.2, 0) is 0 Å². The van der Waals surface area contributed by atoms with Crippen LogP contribution in [0.4, 0.5) is 5.69 Å². The summed E-state index contributed by atoms with van der Waals surface area (Å²) in [7, 11) is 0. The SMILES string of the molecule is Cc1ccccc1-c1ccc(C(=O)Nc2cccc(Cl)c2)cn1. The summed E-state index contributed by atoms with van der Waals surface area (Å²) >= 11 is 5.91. The molecule has 3 rings (SSSR count). The number of carbonyl (C=O) groups excluding carboxylic acids is 1. The van der Waals surface area contributed by atoms with Gasteiger partial charge in [-0.25, -0.2) is 0 Å². The number of pyridine rings is 1. The van der Waals surface area contributed by atoms with E-state index in [0.29, 0.717) is 16.3 Å². The van der Waals surface area contributed by atoms with E-state index < -0.39 is 0 Å². The van der Waals surface area contributed by atoms with E-state index in [1.54, 1.807) is 36.5 Å². The molecule has 0 unspecified atom stereocenters. The van der Waals surface area contributed by atoms with Crippen LogP contribution in [0.3, 0.4) is 0 Å². The lowest BCUT2D eigenvalue weighted by Gasteiger charge is -2.07. The molecule has 0 bridgehead atoms. The Kier molecular flexibility index (Phi) is 4.40. The van der Waals surface area contributed by atoms with Crippen LogP contribution in [0.5, 0.6) is 0 Å². The van der Waals surface area contributed by atoms with Gasteiger partial charge in [-0.1, -0.05) is 41.9 Å². The van der Waals surface area contributed by atoms with Crippen LogP contribution in [0, 0.1) is 6.92 Å². The Bertz CT molecular complexity index is 844. The van der Waals surface area contributed by atoms with Crippen LogP contribution in [-0.4, -0.2) is 10.9 Å². The molecular weight excluding hydrogens is 308 g/mol. The maximum absolute atomic E-state index is 12.2. The van der Waals surface area contributed by atoms with E-state index in [-0.39, 0.29) is 5.91 Å². The zero-order valence-electron chi connectivity index (χ0n) is 12.6. The molecule has 0 aliphatic heterocycles. The maximum atomic E-state index is 12.2. The second-order valence-electron chi connectivity index (χ2n) is 5.21. The first-order valence-corrected chi connectivity index (χ1v) is 7.60. The van der Waals surface area contributed by atoms with Crippen molar-refractivity contribution < 1.29 is 4.79 Å². The fraction of sp³-hybridized carbons (Fsp3) is 0.0526. The number of aromatic nitrogens is 1. The first-order valence-electron chi connectivity index (χ1n) is 7.22. The molecule has 0 aliphatic carbocycles. The zero-order chi connectivity index (χ0) is 16.2. The van der Waals surface area contributed by atoms with Crippen LogP contribution in [0.1, 0.15) is 15.9 Å². The van der Waals surface area contributed by atoms with Crippen molar-refractivity contribution in [2.75, 3.05) is 5.32 Å². The number of hydrogen-bond donors (Lipinski definition) is 1. The number of amides is 1. The molecule has 1 N–H and O–H groups in total. The van der Waals surface area contributed by atoms with Crippen molar-refractivity contribution in [2.45, 2.75) is 6.92 Å². The third kappa shape index (κ3) is 3.58. The lowest BCUT2D eigenvalue weighted by atomic mass is 10.0. The average molecular weight is 323 g/mol. The summed E-state index contributed by atoms with van der Waals surface area (Å²) in [6.07, 6.45) is 1.58. The summed E-state index contributed by atoms with van der Waals surface area (Å²) in [4.78, 5) is 16.6. The Morgan fingerprint density at radius 2 is 1.87 bits per heavy atom. The van der Waals surface area contributed by atoms with Gasteiger partial charge in [0.25, 0.3) is 5.91 Å². The highest BCUT2D eigenvalue weighted by Crippen LogP contribution is 2.21. The molecular formula is C19H15ClN2O. The number of aryl methyl sites for hydroxylation is 1. The lowest BCUT2D eigenvalue weighted by molar-refractivity contribution is 0.102. The molecule has 0 atom stereocenters. The number of anilines is 1. The molecule has 4 heteroatoms. The van der Waals surface area contributed by atoms with E-state index in [1.807, 2.05) is 37.3 Å². The summed E-state index contributed by atoms with van der Waals surface area (Å²) < 4.78 is 0. The third-order valence-corrected chi connectivity index (χ3v) is 3.76. The van der Waals surface area contributed by atoms with Gasteiger partial charge in [0.05, 0.1) is 11.3 Å². The summed E-state index contributed by atoms with van der Waals surface area (Å²) in [5.41, 5.74) is 4.22. The zero-order valence-corrected chi connectivity index (χ0v) is 13.3. The molecule has 0 saturated carbocycles. The number of nitrogens with zero attached hydrogens (tertiary/aromatic N) is 1. The van der Waals surface area contributed by atoms with Gasteiger partial charge in [-0.2, -0.15) is 0 Å². The predicted octanol–water partition coefficient (Wildman–Crippen LogP) is 4.96. The van der Waals surface area contributed by atoms with Crippen LogP contribution >= 0.6 is 11.6 Å². The largest absolute Gasteiger partial charge is 0.322 e. The second-order valence-corrected chi connectivity index (χ2v) is 5.65. The van der Waals surface area contributed by atoms with Gasteiger partial charge < -0.3 is 5.32 Å². The summed E-state index contributed by atoms with van der Waals surface area (Å²) in [5.74, 6) is -0.212. The van der Waals surface area contributed by atoms with Crippen LogP contribution in [0.25, 0.3) is 11.3 Å². The third-order valence-electron chi connectivity index (χ3n) is 3.53. The van der Waals surface area contributed by atoms with Crippen LogP contribution < -0.4 is 5.32 Å². The van der Waals surface area contributed by atoms with E-state index in [9.17, 15) is 4.79 Å². The van der Waals surface area contributed by atoms with E-state index in [0.717, 1.165) is 16.8 Å². The maximum Gasteiger partial charge on any atom is 0.257 e. The molecule has 3 nitrogen and oxygen atoms in total. The quantitative estimate of drug-likeness (QED) is 0.740. The molecule has 2 aromatic carbocycles. The van der Waals surface area contributed by atoms with Gasteiger partial charge in [-0.15, -0.1) is 0 Å². The fourth-order valence-electron chi connectivity index (χ4n) is 2.32. The topological polar surface area (TPSA) is 42.0 Å². The van der Waals surface area contributed by atoms with E-state index >= 15 is 0 Å². The van der Waals surface area contributed by atoms with Crippen LogP contribution in [0.2, 0.25) is 5.02 Å². The van der Waals surface area contributed by atoms with Crippen molar-refractivity contribution in [1.29, 1.82) is 0 Å². The molecule has 0 radical (unpaired) electrons. The van der Waals surface area contributed by atoms with Crippen molar-refractivity contribution in [2.24, 2.45) is 0 Å². The first kappa shape index (κ1) is 15.3. The number of nitrogens with one attached hydrogen (secondary N) is 1. The highest BCUT2D eigenvalue weighted by atomic mass is 35.5. The molecule has 1 amide bonds. The van der Waals surface area contributed by atoms with E-state index in [4.69, 9.17) is 11.6 Å². The minimum atomic E-state index is -0.212.